The van der Waals surface area contributed by atoms with E-state index in [1.54, 1.807) is 92.6 Å². The fourth-order valence-corrected chi connectivity index (χ4v) is 6.64. The molecule has 1 rings (SSSR count). The van der Waals surface area contributed by atoms with Gasteiger partial charge in [-0.05, 0) is 115 Å². The van der Waals surface area contributed by atoms with Crippen LogP contribution in [-0.4, -0.2) is 160 Å². The molecule has 0 aromatic heterocycles. The number of aliphatic hydroxyl groups excluding tert-OH is 1. The normalized spacial score (nSPS) is 14.2. The van der Waals surface area contributed by atoms with E-state index in [4.69, 9.17) is 29.4 Å². The predicted octanol–water partition coefficient (Wildman–Crippen LogP) is -0.469. The molecule has 0 heterocycles. The summed E-state index contributed by atoms with van der Waals surface area (Å²) in [5.74, 6) is -12.2. The van der Waals surface area contributed by atoms with E-state index in [1.165, 1.54) is 34.6 Å². The maximum atomic E-state index is 14.3. The van der Waals surface area contributed by atoms with Crippen LogP contribution in [0.5, 0.6) is 0 Å². The first-order valence-electron chi connectivity index (χ1n) is 26.0. The molecule has 81 heavy (non-hydrogen) atoms. The number of nitrogens with two attached hydrogens (primary N) is 1. The zero-order chi connectivity index (χ0) is 62.2. The number of rotatable bonds is 29. The standard InChI is InChI=1S/C53H83N9O19/c1-29(56-38(65)26-55-43(70)34(24-37(54)64)62-49(76)77-28-31-18-16-15-17-19-31)42(69)58-32(20-22-39(66)78-50(3,4)5)44(71)60-35(25-41(68)80-52(9,10)11)46(73)59-33(21-23-40(67)79-51(6,7)8)45(72)61-36(27-63)47(74)57-30(2)48(75)81-53(12,13)14/h15-19,29-30,32-36,63H,20-28H2,1-14H3,(H2,54,64)(H,55,70)(H,56,65)(H,57,74)(H,58,69)(H,59,73)(H,60,71)(H,61,72)(H,62,76)/t29-,30-,32-,33-,34-,35-,36-/m0/s1. The molecule has 0 saturated carbocycles. The number of aliphatic hydroxyl groups is 1. The summed E-state index contributed by atoms with van der Waals surface area (Å²) in [6, 6.07) is -3.01. The molecule has 9 amide bonds. The Morgan fingerprint density at radius 1 is 0.481 bits per heavy atom. The van der Waals surface area contributed by atoms with E-state index < -0.39 is 194 Å². The average Bonchev–Trinajstić information content (AvgIpc) is 3.31. The van der Waals surface area contributed by atoms with Crippen molar-refractivity contribution in [3.63, 3.8) is 0 Å². The Hall–Kier alpha value is -7.91. The van der Waals surface area contributed by atoms with E-state index >= 15 is 0 Å². The third-order valence-electron chi connectivity index (χ3n) is 10.2. The molecule has 0 aliphatic rings. The molecule has 0 fully saturated rings. The first-order chi connectivity index (χ1) is 37.2. The molecular weight excluding hydrogens is 1070 g/mol. The number of hydrogen-bond donors (Lipinski definition) is 10. The molecule has 0 spiro atoms. The number of carbonyl (C=O) groups excluding carboxylic acids is 13. The number of alkyl carbamates (subject to hydrolysis) is 1. The number of nitrogens with one attached hydrogen (secondary N) is 8. The highest BCUT2D eigenvalue weighted by Crippen LogP contribution is 2.15. The number of ether oxygens (including phenoxy) is 5. The van der Waals surface area contributed by atoms with Crippen molar-refractivity contribution in [3.05, 3.63) is 35.9 Å². The Labute approximate surface area is 471 Å². The molecule has 7 atom stereocenters. The van der Waals surface area contributed by atoms with Crippen LogP contribution < -0.4 is 48.3 Å². The summed E-state index contributed by atoms with van der Waals surface area (Å²) in [6.07, 6.45) is -4.76. The van der Waals surface area contributed by atoms with Crippen molar-refractivity contribution in [3.8, 4) is 0 Å². The molecule has 0 radical (unpaired) electrons. The molecule has 1 aromatic rings. The lowest BCUT2D eigenvalue weighted by Gasteiger charge is -2.28. The third-order valence-corrected chi connectivity index (χ3v) is 10.2. The van der Waals surface area contributed by atoms with Crippen LogP contribution in [0, 0.1) is 0 Å². The number of esters is 4. The first kappa shape index (κ1) is 71.1. The zero-order valence-electron chi connectivity index (χ0n) is 48.7. The van der Waals surface area contributed by atoms with Crippen molar-refractivity contribution in [2.45, 2.75) is 207 Å². The maximum absolute atomic E-state index is 14.3. The van der Waals surface area contributed by atoms with Crippen molar-refractivity contribution in [1.82, 2.24) is 42.5 Å². The molecule has 28 heteroatoms. The summed E-state index contributed by atoms with van der Waals surface area (Å²) in [6.45, 7) is 19.3. The second-order valence-electron chi connectivity index (χ2n) is 22.7. The lowest BCUT2D eigenvalue weighted by Crippen LogP contribution is -2.60. The van der Waals surface area contributed by atoms with Gasteiger partial charge in [0, 0.05) is 12.8 Å². The van der Waals surface area contributed by atoms with Crippen molar-refractivity contribution < 1.29 is 91.1 Å². The van der Waals surface area contributed by atoms with E-state index in [1.807, 2.05) is 0 Å². The summed E-state index contributed by atoms with van der Waals surface area (Å²) in [5, 5.41) is 28.5. The maximum Gasteiger partial charge on any atom is 0.408 e. The Kier molecular flexibility index (Phi) is 28.4. The fraction of sp³-hybridized carbons (Fsp3) is 0.642. The van der Waals surface area contributed by atoms with Crippen molar-refractivity contribution in [2.75, 3.05) is 13.2 Å². The summed E-state index contributed by atoms with van der Waals surface area (Å²) >= 11 is 0. The number of amides is 9. The van der Waals surface area contributed by atoms with Crippen molar-refractivity contribution in [1.29, 1.82) is 0 Å². The SMILES string of the molecule is C[C@H](NC(=O)CNC(=O)[C@H](CC(N)=O)NC(=O)OCc1ccccc1)C(=O)N[C@@H](CCC(=O)OC(C)(C)C)C(=O)N[C@@H](CC(=O)OC(C)(C)C)C(=O)N[C@@H](CCC(=O)OC(C)(C)C)C(=O)N[C@@H](CO)C(=O)N[C@@H](C)C(=O)OC(C)(C)C. The lowest BCUT2D eigenvalue weighted by atomic mass is 10.1. The van der Waals surface area contributed by atoms with E-state index in [0.29, 0.717) is 5.56 Å². The van der Waals surface area contributed by atoms with Gasteiger partial charge in [0.15, 0.2) is 0 Å². The van der Waals surface area contributed by atoms with Gasteiger partial charge in [-0.2, -0.15) is 0 Å². The van der Waals surface area contributed by atoms with Crippen LogP contribution in [0.2, 0.25) is 0 Å². The van der Waals surface area contributed by atoms with Gasteiger partial charge >= 0.3 is 30.0 Å². The molecule has 0 saturated heterocycles. The van der Waals surface area contributed by atoms with Gasteiger partial charge in [-0.3, -0.25) is 52.7 Å². The Morgan fingerprint density at radius 3 is 1.37 bits per heavy atom. The molecule has 454 valence electrons. The van der Waals surface area contributed by atoms with Gasteiger partial charge < -0.3 is 77.1 Å². The molecule has 0 aliphatic carbocycles. The molecule has 0 bridgehead atoms. The Balaban J connectivity index is 3.52. The summed E-state index contributed by atoms with van der Waals surface area (Å²) in [4.78, 5) is 172. The second-order valence-corrected chi connectivity index (χ2v) is 22.7. The van der Waals surface area contributed by atoms with Crippen LogP contribution in [-0.2, 0) is 87.8 Å². The average molecular weight is 1150 g/mol. The van der Waals surface area contributed by atoms with Gasteiger partial charge in [0.2, 0.25) is 47.3 Å². The minimum atomic E-state index is -1.95. The highest BCUT2D eigenvalue weighted by atomic mass is 16.6. The van der Waals surface area contributed by atoms with Gasteiger partial charge in [0.05, 0.1) is 26.0 Å². The minimum Gasteiger partial charge on any atom is -0.460 e. The number of primary amides is 1. The smallest absolute Gasteiger partial charge is 0.408 e. The van der Waals surface area contributed by atoms with Gasteiger partial charge in [-0.1, -0.05) is 30.3 Å². The fourth-order valence-electron chi connectivity index (χ4n) is 6.64. The van der Waals surface area contributed by atoms with Crippen LogP contribution in [0.3, 0.4) is 0 Å². The highest BCUT2D eigenvalue weighted by molar-refractivity contribution is 5.99. The van der Waals surface area contributed by atoms with E-state index in [2.05, 4.69) is 42.5 Å². The molecule has 11 N–H and O–H groups in total. The van der Waals surface area contributed by atoms with Crippen LogP contribution in [0.1, 0.15) is 141 Å². The first-order valence-corrected chi connectivity index (χ1v) is 26.0. The van der Waals surface area contributed by atoms with Gasteiger partial charge in [0.1, 0.15) is 71.3 Å². The number of carbonyl (C=O) groups is 13. The van der Waals surface area contributed by atoms with E-state index in [9.17, 15) is 67.4 Å². The van der Waals surface area contributed by atoms with Gasteiger partial charge in [-0.15, -0.1) is 0 Å². The summed E-state index contributed by atoms with van der Waals surface area (Å²) in [7, 11) is 0. The lowest BCUT2D eigenvalue weighted by molar-refractivity contribution is -0.158. The Morgan fingerprint density at radius 2 is 0.901 bits per heavy atom. The third kappa shape index (κ3) is 31.5. The van der Waals surface area contributed by atoms with Crippen LogP contribution in [0.4, 0.5) is 4.79 Å². The topological polar surface area (TPSA) is 411 Å². The highest BCUT2D eigenvalue weighted by Gasteiger charge is 2.36. The number of hydrogen-bond acceptors (Lipinski definition) is 19. The quantitative estimate of drug-likeness (QED) is 0.0358. The Bertz CT molecular complexity index is 2390. The monoisotopic (exact) mass is 1150 g/mol. The van der Waals surface area contributed by atoms with Crippen LogP contribution >= 0.6 is 0 Å². The summed E-state index contributed by atoms with van der Waals surface area (Å²) < 4.78 is 26.5. The minimum absolute atomic E-state index is 0.177. The van der Waals surface area contributed by atoms with Gasteiger partial charge in [-0.25, -0.2) is 9.59 Å². The molecule has 28 nitrogen and oxygen atoms in total. The largest absolute Gasteiger partial charge is 0.460 e. The van der Waals surface area contributed by atoms with E-state index in [-0.39, 0.29) is 6.61 Å². The van der Waals surface area contributed by atoms with Crippen LogP contribution in [0.25, 0.3) is 0 Å². The van der Waals surface area contributed by atoms with Crippen molar-refractivity contribution >= 4 is 77.2 Å². The second kappa shape index (κ2) is 32.4. The molecular formula is C53H83N9O19. The van der Waals surface area contributed by atoms with Crippen molar-refractivity contribution in [2.24, 2.45) is 5.73 Å². The molecule has 0 aliphatic heterocycles. The van der Waals surface area contributed by atoms with E-state index in [0.717, 1.165) is 0 Å². The zero-order valence-corrected chi connectivity index (χ0v) is 48.7. The predicted molar refractivity (Wildman–Crippen MR) is 287 cm³/mol. The van der Waals surface area contributed by atoms with Crippen LogP contribution in [0.15, 0.2) is 30.3 Å². The number of benzene rings is 1. The summed E-state index contributed by atoms with van der Waals surface area (Å²) in [5.41, 5.74) is 1.86. The molecule has 0 unspecified atom stereocenters. The molecule has 1 aromatic carbocycles. The van der Waals surface area contributed by atoms with Gasteiger partial charge in [0.25, 0.3) is 0 Å².